The Hall–Kier alpha value is -0.870. The molecule has 0 saturated carbocycles. The number of hydrogen-bond acceptors (Lipinski definition) is 4. The lowest BCUT2D eigenvalue weighted by Crippen LogP contribution is -2.13. The van der Waals surface area contributed by atoms with Crippen molar-refractivity contribution in [3.05, 3.63) is 23.3 Å². The van der Waals surface area contributed by atoms with Crippen LogP contribution in [0, 0.1) is 0 Å². The Balaban J connectivity index is 3.34. The summed E-state index contributed by atoms with van der Waals surface area (Å²) in [4.78, 5) is 0. The van der Waals surface area contributed by atoms with E-state index in [2.05, 4.69) is 38.6 Å². The highest BCUT2D eigenvalue weighted by atomic mass is 32.2. The smallest absolute Gasteiger partial charge is 0.148 e. The molecule has 4 heteroatoms. The second kappa shape index (κ2) is 5.65. The van der Waals surface area contributed by atoms with Crippen molar-refractivity contribution in [2.75, 3.05) is 18.8 Å². The SMILES string of the molecule is COc1c(CSC)cc(C(C)(C)C)cc1NO. The van der Waals surface area contributed by atoms with Crippen LogP contribution in [0.25, 0.3) is 0 Å². The molecule has 0 aliphatic carbocycles. The molecule has 0 aliphatic heterocycles. The van der Waals surface area contributed by atoms with Gasteiger partial charge in [0.25, 0.3) is 0 Å². The predicted molar refractivity (Wildman–Crippen MR) is 74.3 cm³/mol. The molecule has 0 heterocycles. The number of anilines is 1. The van der Waals surface area contributed by atoms with Gasteiger partial charge in [-0.1, -0.05) is 26.8 Å². The van der Waals surface area contributed by atoms with Gasteiger partial charge < -0.3 is 4.74 Å². The second-order valence-corrected chi connectivity index (χ2v) is 5.88. The van der Waals surface area contributed by atoms with E-state index in [1.165, 1.54) is 5.56 Å². The molecule has 1 rings (SSSR count). The number of thioether (sulfide) groups is 1. The van der Waals surface area contributed by atoms with Gasteiger partial charge in [-0.25, -0.2) is 0 Å². The first kappa shape index (κ1) is 14.2. The predicted octanol–water partition coefficient (Wildman–Crippen LogP) is 3.66. The van der Waals surface area contributed by atoms with E-state index in [9.17, 15) is 5.21 Å². The zero-order valence-corrected chi connectivity index (χ0v) is 11.9. The summed E-state index contributed by atoms with van der Waals surface area (Å²) in [7, 11) is 1.62. The Morgan fingerprint density at radius 2 is 2.00 bits per heavy atom. The highest BCUT2D eigenvalue weighted by Gasteiger charge is 2.19. The molecule has 1 aromatic carbocycles. The molecular formula is C13H21NO2S. The van der Waals surface area contributed by atoms with Crippen LogP contribution in [0.1, 0.15) is 31.9 Å². The third-order valence-electron chi connectivity index (χ3n) is 2.66. The van der Waals surface area contributed by atoms with Crippen LogP contribution in [0.4, 0.5) is 5.69 Å². The van der Waals surface area contributed by atoms with Crippen molar-refractivity contribution in [1.82, 2.24) is 0 Å². The van der Waals surface area contributed by atoms with Crippen molar-refractivity contribution >= 4 is 17.4 Å². The molecule has 1 aromatic rings. The quantitative estimate of drug-likeness (QED) is 0.806. The normalized spacial score (nSPS) is 11.4. The van der Waals surface area contributed by atoms with E-state index in [1.54, 1.807) is 18.9 Å². The molecule has 0 bridgehead atoms. The number of benzene rings is 1. The fraction of sp³-hybridized carbons (Fsp3) is 0.538. The van der Waals surface area contributed by atoms with Crippen LogP contribution in [-0.4, -0.2) is 18.6 Å². The van der Waals surface area contributed by atoms with Crippen LogP contribution in [0.5, 0.6) is 5.75 Å². The van der Waals surface area contributed by atoms with Crippen LogP contribution >= 0.6 is 11.8 Å². The number of methoxy groups -OCH3 is 1. The van der Waals surface area contributed by atoms with Gasteiger partial charge in [-0.3, -0.25) is 10.7 Å². The van der Waals surface area contributed by atoms with Gasteiger partial charge in [0, 0.05) is 11.3 Å². The summed E-state index contributed by atoms with van der Waals surface area (Å²) in [5.74, 6) is 1.58. The van der Waals surface area contributed by atoms with Gasteiger partial charge in [0.05, 0.1) is 7.11 Å². The summed E-state index contributed by atoms with van der Waals surface area (Å²) in [5.41, 5.74) is 5.18. The molecule has 96 valence electrons. The molecule has 0 atom stereocenters. The van der Waals surface area contributed by atoms with Gasteiger partial charge in [-0.15, -0.1) is 0 Å². The lowest BCUT2D eigenvalue weighted by Gasteiger charge is -2.23. The Kier molecular flexibility index (Phi) is 4.71. The van der Waals surface area contributed by atoms with Gasteiger partial charge in [0.2, 0.25) is 0 Å². The lowest BCUT2D eigenvalue weighted by atomic mass is 9.85. The third-order valence-corrected chi connectivity index (χ3v) is 3.26. The molecule has 0 aromatic heterocycles. The zero-order valence-electron chi connectivity index (χ0n) is 11.1. The fourth-order valence-corrected chi connectivity index (χ4v) is 2.23. The first-order chi connectivity index (χ1) is 7.93. The summed E-state index contributed by atoms with van der Waals surface area (Å²) in [6.07, 6.45) is 2.05. The fourth-order valence-electron chi connectivity index (χ4n) is 1.71. The van der Waals surface area contributed by atoms with Crippen molar-refractivity contribution in [2.24, 2.45) is 0 Å². The van der Waals surface area contributed by atoms with Gasteiger partial charge in [-0.2, -0.15) is 11.8 Å². The van der Waals surface area contributed by atoms with Crippen molar-refractivity contribution in [2.45, 2.75) is 31.9 Å². The van der Waals surface area contributed by atoms with E-state index >= 15 is 0 Å². The molecule has 0 saturated heterocycles. The molecule has 3 nitrogen and oxygen atoms in total. The highest BCUT2D eigenvalue weighted by molar-refractivity contribution is 7.97. The van der Waals surface area contributed by atoms with Crippen LogP contribution < -0.4 is 10.2 Å². The molecule has 0 unspecified atom stereocenters. The van der Waals surface area contributed by atoms with Crippen molar-refractivity contribution in [1.29, 1.82) is 0 Å². The van der Waals surface area contributed by atoms with Crippen molar-refractivity contribution in [3.8, 4) is 5.75 Å². The van der Waals surface area contributed by atoms with E-state index in [0.717, 1.165) is 17.1 Å². The zero-order chi connectivity index (χ0) is 13.1. The van der Waals surface area contributed by atoms with Gasteiger partial charge in [0.1, 0.15) is 11.4 Å². The van der Waals surface area contributed by atoms with Crippen LogP contribution in [0.2, 0.25) is 0 Å². The first-order valence-corrected chi connectivity index (χ1v) is 6.94. The minimum atomic E-state index is 0.0467. The number of ether oxygens (including phenoxy) is 1. The molecule has 0 fully saturated rings. The van der Waals surface area contributed by atoms with Gasteiger partial charge >= 0.3 is 0 Å². The summed E-state index contributed by atoms with van der Waals surface area (Å²) < 4.78 is 5.35. The molecule has 17 heavy (non-hydrogen) atoms. The van der Waals surface area contributed by atoms with E-state index in [-0.39, 0.29) is 5.41 Å². The Labute approximate surface area is 108 Å². The van der Waals surface area contributed by atoms with E-state index in [1.807, 2.05) is 6.07 Å². The standard InChI is InChI=1S/C13H21NO2S/c1-13(2,3)10-6-9(8-17-5)12(16-4)11(7-10)14-15/h6-7,14-15H,8H2,1-5H3. The van der Waals surface area contributed by atoms with E-state index < -0.39 is 0 Å². The third kappa shape index (κ3) is 3.30. The average Bonchev–Trinajstić information content (AvgIpc) is 2.27. The second-order valence-electron chi connectivity index (χ2n) is 5.01. The first-order valence-electron chi connectivity index (χ1n) is 5.54. The average molecular weight is 255 g/mol. The molecular weight excluding hydrogens is 234 g/mol. The molecule has 0 radical (unpaired) electrons. The lowest BCUT2D eigenvalue weighted by molar-refractivity contribution is 0.371. The maximum Gasteiger partial charge on any atom is 0.148 e. The minimum Gasteiger partial charge on any atom is -0.494 e. The maximum absolute atomic E-state index is 9.20. The Morgan fingerprint density at radius 1 is 1.35 bits per heavy atom. The molecule has 0 amide bonds. The van der Waals surface area contributed by atoms with Crippen molar-refractivity contribution < 1.29 is 9.94 Å². The van der Waals surface area contributed by atoms with Gasteiger partial charge in [0.15, 0.2) is 0 Å². The maximum atomic E-state index is 9.20. The number of nitrogens with one attached hydrogen (secondary N) is 1. The number of hydrogen-bond donors (Lipinski definition) is 2. The number of rotatable bonds is 4. The summed E-state index contributed by atoms with van der Waals surface area (Å²) in [6.45, 7) is 6.45. The van der Waals surface area contributed by atoms with Gasteiger partial charge in [-0.05, 0) is 23.3 Å². The molecule has 0 aliphatic rings. The van der Waals surface area contributed by atoms with Crippen molar-refractivity contribution in [3.63, 3.8) is 0 Å². The van der Waals surface area contributed by atoms with Crippen LogP contribution in [0.15, 0.2) is 12.1 Å². The minimum absolute atomic E-state index is 0.0467. The summed E-state index contributed by atoms with van der Waals surface area (Å²) in [6, 6.07) is 4.08. The Bertz CT molecular complexity index is 386. The molecule has 2 N–H and O–H groups in total. The summed E-state index contributed by atoms with van der Waals surface area (Å²) >= 11 is 1.73. The topological polar surface area (TPSA) is 41.5 Å². The van der Waals surface area contributed by atoms with E-state index in [4.69, 9.17) is 4.74 Å². The highest BCUT2D eigenvalue weighted by Crippen LogP contribution is 2.36. The monoisotopic (exact) mass is 255 g/mol. The van der Waals surface area contributed by atoms with E-state index in [0.29, 0.717) is 5.69 Å². The largest absolute Gasteiger partial charge is 0.494 e. The summed E-state index contributed by atoms with van der Waals surface area (Å²) in [5, 5.41) is 9.20. The molecule has 0 spiro atoms. The van der Waals surface area contributed by atoms with Crippen LogP contribution in [-0.2, 0) is 11.2 Å². The van der Waals surface area contributed by atoms with Crippen LogP contribution in [0.3, 0.4) is 0 Å². The Morgan fingerprint density at radius 3 is 2.41 bits per heavy atom.